The Morgan fingerprint density at radius 3 is 2.53 bits per heavy atom. The zero-order valence-electron chi connectivity index (χ0n) is 7.63. The Kier molecular flexibility index (Phi) is 3.96. The van der Waals surface area contributed by atoms with E-state index in [9.17, 15) is 4.79 Å². The Balaban J connectivity index is 3.25. The van der Waals surface area contributed by atoms with Crippen LogP contribution in [-0.4, -0.2) is 11.1 Å². The van der Waals surface area contributed by atoms with Crippen molar-refractivity contribution >= 4 is 29.2 Å². The molecule has 0 aliphatic heterocycles. The molecular formula is C10H7Cl2NO2. The third-order valence-corrected chi connectivity index (χ3v) is 2.61. The predicted octanol–water partition coefficient (Wildman–Crippen LogP) is 2.58. The van der Waals surface area contributed by atoms with Gasteiger partial charge in [-0.1, -0.05) is 11.6 Å². The average Bonchev–Trinajstić information content (AvgIpc) is 2.20. The van der Waals surface area contributed by atoms with Crippen LogP contribution in [0, 0.1) is 11.3 Å². The van der Waals surface area contributed by atoms with Crippen molar-refractivity contribution < 1.29 is 9.90 Å². The summed E-state index contributed by atoms with van der Waals surface area (Å²) in [6.45, 7) is 0. The van der Waals surface area contributed by atoms with Gasteiger partial charge in [-0.2, -0.15) is 5.26 Å². The monoisotopic (exact) mass is 243 g/mol. The van der Waals surface area contributed by atoms with Gasteiger partial charge >= 0.3 is 5.97 Å². The molecule has 0 fully saturated rings. The molecule has 1 rings (SSSR count). The first-order valence-corrected chi connectivity index (χ1v) is 4.99. The minimum atomic E-state index is -0.993. The lowest BCUT2D eigenvalue weighted by molar-refractivity contribution is -0.136. The maximum absolute atomic E-state index is 10.5. The van der Waals surface area contributed by atoms with Gasteiger partial charge in [-0.05, 0) is 23.3 Å². The lowest BCUT2D eigenvalue weighted by atomic mass is 10.0. The standard InChI is InChI=1S/C10H7Cl2NO2/c11-4-8-2-6(5-13)1-7(10(8)12)3-9(14)15/h1-2H,3-4H2,(H,14,15). The molecule has 0 saturated heterocycles. The Hall–Kier alpha value is -1.24. The van der Waals surface area contributed by atoms with Gasteiger partial charge in [-0.3, -0.25) is 4.79 Å². The largest absolute Gasteiger partial charge is 0.481 e. The molecule has 0 radical (unpaired) electrons. The summed E-state index contributed by atoms with van der Waals surface area (Å²) in [6, 6.07) is 4.95. The topological polar surface area (TPSA) is 61.1 Å². The molecular weight excluding hydrogens is 237 g/mol. The molecule has 0 amide bonds. The van der Waals surface area contributed by atoms with Crippen molar-refractivity contribution in [2.75, 3.05) is 0 Å². The highest BCUT2D eigenvalue weighted by atomic mass is 35.5. The van der Waals surface area contributed by atoms with Gasteiger partial charge in [0, 0.05) is 10.9 Å². The quantitative estimate of drug-likeness (QED) is 0.831. The van der Waals surface area contributed by atoms with Gasteiger partial charge in [0.25, 0.3) is 0 Å². The van der Waals surface area contributed by atoms with Crippen molar-refractivity contribution in [3.63, 3.8) is 0 Å². The molecule has 0 bridgehead atoms. The van der Waals surface area contributed by atoms with E-state index in [4.69, 9.17) is 33.6 Å². The van der Waals surface area contributed by atoms with Gasteiger partial charge in [-0.15, -0.1) is 11.6 Å². The second-order valence-electron chi connectivity index (χ2n) is 2.92. The molecule has 0 spiro atoms. The molecule has 15 heavy (non-hydrogen) atoms. The van der Waals surface area contributed by atoms with Crippen LogP contribution in [0.5, 0.6) is 0 Å². The summed E-state index contributed by atoms with van der Waals surface area (Å²) in [4.78, 5) is 10.5. The number of carbonyl (C=O) groups is 1. The summed E-state index contributed by atoms with van der Waals surface area (Å²) < 4.78 is 0. The van der Waals surface area contributed by atoms with E-state index in [0.717, 1.165) is 0 Å². The smallest absolute Gasteiger partial charge is 0.307 e. The number of rotatable bonds is 3. The predicted molar refractivity (Wildman–Crippen MR) is 57.1 cm³/mol. The van der Waals surface area contributed by atoms with Gasteiger partial charge in [0.2, 0.25) is 0 Å². The van der Waals surface area contributed by atoms with E-state index in [1.165, 1.54) is 6.07 Å². The third-order valence-electron chi connectivity index (χ3n) is 1.84. The molecule has 0 unspecified atom stereocenters. The number of nitrogens with zero attached hydrogens (tertiary/aromatic N) is 1. The Bertz CT molecular complexity index is 438. The summed E-state index contributed by atoms with van der Waals surface area (Å²) in [5.74, 6) is -0.839. The molecule has 78 valence electrons. The minimum absolute atomic E-state index is 0.154. The molecule has 5 heteroatoms. The zero-order valence-corrected chi connectivity index (χ0v) is 9.14. The third kappa shape index (κ3) is 2.85. The summed E-state index contributed by atoms with van der Waals surface area (Å²) in [7, 11) is 0. The van der Waals surface area contributed by atoms with Crippen LogP contribution in [0.1, 0.15) is 16.7 Å². The summed E-state index contributed by atoms with van der Waals surface area (Å²) in [6.07, 6.45) is -0.210. The highest BCUT2D eigenvalue weighted by Gasteiger charge is 2.11. The van der Waals surface area contributed by atoms with Crippen LogP contribution in [-0.2, 0) is 17.1 Å². The van der Waals surface area contributed by atoms with Crippen LogP contribution in [0.15, 0.2) is 12.1 Å². The van der Waals surface area contributed by atoms with Crippen LogP contribution in [0.4, 0.5) is 0 Å². The second-order valence-corrected chi connectivity index (χ2v) is 3.57. The first kappa shape index (κ1) is 11.8. The number of carboxylic acid groups (broad SMARTS) is 1. The first-order valence-electron chi connectivity index (χ1n) is 4.07. The molecule has 1 N–H and O–H groups in total. The number of benzene rings is 1. The van der Waals surface area contributed by atoms with Crippen molar-refractivity contribution in [3.05, 3.63) is 33.8 Å². The Morgan fingerprint density at radius 1 is 1.47 bits per heavy atom. The molecule has 0 aliphatic carbocycles. The highest BCUT2D eigenvalue weighted by Crippen LogP contribution is 2.25. The fraction of sp³-hybridized carbons (Fsp3) is 0.200. The van der Waals surface area contributed by atoms with Gasteiger partial charge in [-0.25, -0.2) is 0 Å². The molecule has 1 aromatic carbocycles. The van der Waals surface area contributed by atoms with Crippen LogP contribution in [0.25, 0.3) is 0 Å². The van der Waals surface area contributed by atoms with E-state index in [-0.39, 0.29) is 12.3 Å². The van der Waals surface area contributed by atoms with Crippen LogP contribution >= 0.6 is 23.2 Å². The fourth-order valence-electron chi connectivity index (χ4n) is 1.20. The maximum atomic E-state index is 10.5. The van der Waals surface area contributed by atoms with Crippen LogP contribution < -0.4 is 0 Å². The number of hydrogen-bond acceptors (Lipinski definition) is 2. The van der Waals surface area contributed by atoms with Crippen molar-refractivity contribution in [1.82, 2.24) is 0 Å². The van der Waals surface area contributed by atoms with Gasteiger partial charge < -0.3 is 5.11 Å². The SMILES string of the molecule is N#Cc1cc(CCl)c(Cl)c(CC(=O)O)c1. The number of hydrogen-bond donors (Lipinski definition) is 1. The molecule has 0 aliphatic rings. The summed E-state index contributed by atoms with van der Waals surface area (Å²) >= 11 is 11.6. The van der Waals surface area contributed by atoms with Gasteiger partial charge in [0.05, 0.1) is 18.1 Å². The summed E-state index contributed by atoms with van der Waals surface area (Å²) in [5, 5.41) is 17.7. The first-order chi connectivity index (χ1) is 7.08. The van der Waals surface area contributed by atoms with Gasteiger partial charge in [0.1, 0.15) is 0 Å². The van der Waals surface area contributed by atoms with E-state index >= 15 is 0 Å². The number of aliphatic carboxylic acids is 1. The van der Waals surface area contributed by atoms with E-state index < -0.39 is 5.97 Å². The van der Waals surface area contributed by atoms with E-state index in [0.29, 0.717) is 21.7 Å². The minimum Gasteiger partial charge on any atom is -0.481 e. The number of nitriles is 1. The van der Waals surface area contributed by atoms with E-state index in [1.54, 1.807) is 6.07 Å². The van der Waals surface area contributed by atoms with Crippen molar-refractivity contribution in [1.29, 1.82) is 5.26 Å². The van der Waals surface area contributed by atoms with Crippen molar-refractivity contribution in [3.8, 4) is 6.07 Å². The maximum Gasteiger partial charge on any atom is 0.307 e. The molecule has 0 saturated carbocycles. The molecule has 0 atom stereocenters. The lowest BCUT2D eigenvalue weighted by Gasteiger charge is -2.06. The zero-order chi connectivity index (χ0) is 11.4. The molecule has 3 nitrogen and oxygen atoms in total. The number of carboxylic acids is 1. The van der Waals surface area contributed by atoms with E-state index in [2.05, 4.69) is 0 Å². The second kappa shape index (κ2) is 5.01. The fourth-order valence-corrected chi connectivity index (χ4v) is 1.73. The number of halogens is 2. The number of alkyl halides is 1. The molecule has 1 aromatic rings. The van der Waals surface area contributed by atoms with Crippen LogP contribution in [0.3, 0.4) is 0 Å². The summed E-state index contributed by atoms with van der Waals surface area (Å²) in [5.41, 5.74) is 1.36. The van der Waals surface area contributed by atoms with E-state index in [1.807, 2.05) is 6.07 Å². The lowest BCUT2D eigenvalue weighted by Crippen LogP contribution is -2.02. The Labute approximate surface area is 96.8 Å². The average molecular weight is 244 g/mol. The van der Waals surface area contributed by atoms with Crippen LogP contribution in [0.2, 0.25) is 5.02 Å². The van der Waals surface area contributed by atoms with Crippen molar-refractivity contribution in [2.45, 2.75) is 12.3 Å². The highest BCUT2D eigenvalue weighted by molar-refractivity contribution is 6.33. The normalized spacial score (nSPS) is 9.67. The van der Waals surface area contributed by atoms with Gasteiger partial charge in [0.15, 0.2) is 0 Å². The van der Waals surface area contributed by atoms with Crippen molar-refractivity contribution in [2.24, 2.45) is 0 Å². The molecule has 0 aromatic heterocycles. The Morgan fingerprint density at radius 2 is 2.07 bits per heavy atom. The molecule has 0 heterocycles.